The molecule has 1 aromatic carbocycles. The van der Waals surface area contributed by atoms with Gasteiger partial charge in [-0.2, -0.15) is 0 Å². The molecule has 0 saturated carbocycles. The molecule has 0 aliphatic rings. The molecule has 0 spiro atoms. The van der Waals surface area contributed by atoms with E-state index in [0.717, 1.165) is 12.2 Å². The van der Waals surface area contributed by atoms with Crippen LogP contribution in [0.5, 0.6) is 0 Å². The van der Waals surface area contributed by atoms with Crippen LogP contribution in [-0.2, 0) is 4.74 Å². The summed E-state index contributed by atoms with van der Waals surface area (Å²) in [5, 5.41) is 3.29. The normalized spacial score (nSPS) is 12.3. The lowest BCUT2D eigenvalue weighted by atomic mass is 10.1. The van der Waals surface area contributed by atoms with Gasteiger partial charge in [0.15, 0.2) is 0 Å². The van der Waals surface area contributed by atoms with Gasteiger partial charge in [-0.3, -0.25) is 0 Å². The molecule has 0 amide bonds. The fraction of sp³-hybridized carbons (Fsp3) is 0.462. The second kappa shape index (κ2) is 6.26. The molecule has 1 unspecified atom stereocenters. The number of nitrogen functional groups attached to an aromatic ring is 1. The Hall–Kier alpha value is -1.75. The molecule has 0 bridgehead atoms. The van der Waals surface area contributed by atoms with E-state index in [9.17, 15) is 4.79 Å². The number of hydrogen-bond donors (Lipinski definition) is 2. The van der Waals surface area contributed by atoms with Crippen LogP contribution >= 0.6 is 0 Å². The Kier molecular flexibility index (Phi) is 4.97. The van der Waals surface area contributed by atoms with E-state index in [2.05, 4.69) is 17.1 Å². The van der Waals surface area contributed by atoms with Gasteiger partial charge in [0, 0.05) is 24.0 Å². The van der Waals surface area contributed by atoms with Gasteiger partial charge in [-0.25, -0.2) is 4.79 Å². The first-order valence-corrected chi connectivity index (χ1v) is 5.83. The molecule has 0 saturated heterocycles. The monoisotopic (exact) mass is 251 g/mol. The van der Waals surface area contributed by atoms with Crippen molar-refractivity contribution in [1.82, 2.24) is 4.90 Å². The molecule has 0 fully saturated rings. The van der Waals surface area contributed by atoms with Crippen molar-refractivity contribution >= 4 is 17.3 Å². The van der Waals surface area contributed by atoms with Gasteiger partial charge in [-0.1, -0.05) is 0 Å². The second-order valence-corrected chi connectivity index (χ2v) is 4.60. The number of ether oxygens (including phenoxy) is 1. The average Bonchev–Trinajstić information content (AvgIpc) is 2.29. The zero-order valence-corrected chi connectivity index (χ0v) is 11.4. The molecule has 100 valence electrons. The van der Waals surface area contributed by atoms with E-state index in [1.165, 1.54) is 7.11 Å². The third kappa shape index (κ3) is 3.92. The predicted molar refractivity (Wildman–Crippen MR) is 73.8 cm³/mol. The molecule has 0 aliphatic carbocycles. The second-order valence-electron chi connectivity index (χ2n) is 4.60. The Balaban J connectivity index is 2.90. The highest BCUT2D eigenvalue weighted by Crippen LogP contribution is 2.20. The molecule has 0 aliphatic heterocycles. The summed E-state index contributed by atoms with van der Waals surface area (Å²) in [5.74, 6) is -0.387. The van der Waals surface area contributed by atoms with Crippen LogP contribution in [0.4, 0.5) is 11.4 Å². The molecule has 1 aromatic rings. The number of rotatable bonds is 5. The van der Waals surface area contributed by atoms with Crippen molar-refractivity contribution in [3.8, 4) is 0 Å². The molecule has 5 heteroatoms. The summed E-state index contributed by atoms with van der Waals surface area (Å²) in [6.07, 6.45) is 0. The van der Waals surface area contributed by atoms with Crippen LogP contribution in [0.25, 0.3) is 0 Å². The number of nitrogens with two attached hydrogens (primary N) is 1. The Morgan fingerprint density at radius 3 is 2.72 bits per heavy atom. The Morgan fingerprint density at radius 2 is 2.17 bits per heavy atom. The molecule has 1 rings (SSSR count). The number of anilines is 2. The number of likely N-dealkylation sites (N-methyl/N-ethyl adjacent to an activating group) is 1. The highest BCUT2D eigenvalue weighted by atomic mass is 16.5. The lowest BCUT2D eigenvalue weighted by Crippen LogP contribution is -2.30. The molecule has 18 heavy (non-hydrogen) atoms. The van der Waals surface area contributed by atoms with Gasteiger partial charge in [0.05, 0.1) is 12.7 Å². The summed E-state index contributed by atoms with van der Waals surface area (Å²) in [7, 11) is 5.36. The fourth-order valence-corrected chi connectivity index (χ4v) is 1.83. The summed E-state index contributed by atoms with van der Waals surface area (Å²) in [5.41, 5.74) is 7.43. The van der Waals surface area contributed by atoms with E-state index in [0.29, 0.717) is 11.3 Å². The third-order valence-electron chi connectivity index (χ3n) is 2.49. The van der Waals surface area contributed by atoms with E-state index in [1.54, 1.807) is 18.2 Å². The maximum atomic E-state index is 11.7. The number of nitrogens with one attached hydrogen (secondary N) is 1. The van der Waals surface area contributed by atoms with Crippen LogP contribution in [0.15, 0.2) is 18.2 Å². The number of hydrogen-bond acceptors (Lipinski definition) is 5. The van der Waals surface area contributed by atoms with Crippen molar-refractivity contribution in [2.45, 2.75) is 13.0 Å². The van der Waals surface area contributed by atoms with Crippen LogP contribution in [-0.4, -0.2) is 44.7 Å². The van der Waals surface area contributed by atoms with Gasteiger partial charge >= 0.3 is 5.97 Å². The SMILES string of the molecule is COC(=O)c1cc(N)ccc1NC(C)CN(C)C. The summed E-state index contributed by atoms with van der Waals surface area (Å²) in [4.78, 5) is 13.7. The minimum atomic E-state index is -0.387. The van der Waals surface area contributed by atoms with Crippen LogP contribution in [0.1, 0.15) is 17.3 Å². The van der Waals surface area contributed by atoms with Crippen LogP contribution in [0, 0.1) is 0 Å². The largest absolute Gasteiger partial charge is 0.465 e. The van der Waals surface area contributed by atoms with Gasteiger partial charge in [0.1, 0.15) is 0 Å². The van der Waals surface area contributed by atoms with Crippen molar-refractivity contribution in [2.24, 2.45) is 0 Å². The molecular weight excluding hydrogens is 230 g/mol. The lowest BCUT2D eigenvalue weighted by Gasteiger charge is -2.20. The first-order chi connectivity index (χ1) is 8.43. The predicted octanol–water partition coefficient (Wildman–Crippen LogP) is 1.42. The quantitative estimate of drug-likeness (QED) is 0.612. The number of methoxy groups -OCH3 is 1. The Labute approximate surface area is 108 Å². The van der Waals surface area contributed by atoms with E-state index in [4.69, 9.17) is 10.5 Å². The van der Waals surface area contributed by atoms with Crippen LogP contribution in [0.2, 0.25) is 0 Å². The van der Waals surface area contributed by atoms with Crippen molar-refractivity contribution < 1.29 is 9.53 Å². The zero-order valence-electron chi connectivity index (χ0n) is 11.4. The van der Waals surface area contributed by atoms with Gasteiger partial charge in [-0.15, -0.1) is 0 Å². The first-order valence-electron chi connectivity index (χ1n) is 5.83. The third-order valence-corrected chi connectivity index (χ3v) is 2.49. The Morgan fingerprint density at radius 1 is 1.50 bits per heavy atom. The molecule has 0 radical (unpaired) electrons. The minimum absolute atomic E-state index is 0.215. The van der Waals surface area contributed by atoms with Gasteiger partial charge in [-0.05, 0) is 39.2 Å². The van der Waals surface area contributed by atoms with Crippen LogP contribution < -0.4 is 11.1 Å². The van der Waals surface area contributed by atoms with Gasteiger partial charge in [0.2, 0.25) is 0 Å². The van der Waals surface area contributed by atoms with Gasteiger partial charge in [0.25, 0.3) is 0 Å². The highest BCUT2D eigenvalue weighted by Gasteiger charge is 2.14. The fourth-order valence-electron chi connectivity index (χ4n) is 1.83. The van der Waals surface area contributed by atoms with E-state index < -0.39 is 0 Å². The van der Waals surface area contributed by atoms with Crippen molar-refractivity contribution in [2.75, 3.05) is 38.8 Å². The first kappa shape index (κ1) is 14.3. The average molecular weight is 251 g/mol. The standard InChI is InChI=1S/C13H21N3O2/c1-9(8-16(2)3)15-12-6-5-10(14)7-11(12)13(17)18-4/h5-7,9,15H,8,14H2,1-4H3. The summed E-state index contributed by atoms with van der Waals surface area (Å²) < 4.78 is 4.75. The zero-order chi connectivity index (χ0) is 13.7. The topological polar surface area (TPSA) is 67.6 Å². The molecule has 5 nitrogen and oxygen atoms in total. The molecule has 1 atom stereocenters. The van der Waals surface area contributed by atoms with E-state index in [-0.39, 0.29) is 12.0 Å². The number of benzene rings is 1. The van der Waals surface area contributed by atoms with E-state index >= 15 is 0 Å². The number of carbonyl (C=O) groups is 1. The molecule has 0 heterocycles. The Bertz CT molecular complexity index is 419. The number of esters is 1. The maximum Gasteiger partial charge on any atom is 0.340 e. The van der Waals surface area contributed by atoms with E-state index in [1.807, 2.05) is 14.1 Å². The number of carbonyl (C=O) groups excluding carboxylic acids is 1. The summed E-state index contributed by atoms with van der Waals surface area (Å²) in [6, 6.07) is 5.40. The summed E-state index contributed by atoms with van der Waals surface area (Å²) >= 11 is 0. The van der Waals surface area contributed by atoms with Crippen molar-refractivity contribution in [1.29, 1.82) is 0 Å². The molecule has 0 aromatic heterocycles. The maximum absolute atomic E-state index is 11.7. The number of nitrogens with zero attached hydrogens (tertiary/aromatic N) is 1. The summed E-state index contributed by atoms with van der Waals surface area (Å²) in [6.45, 7) is 2.92. The highest BCUT2D eigenvalue weighted by molar-refractivity contribution is 5.96. The lowest BCUT2D eigenvalue weighted by molar-refractivity contribution is 0.0602. The van der Waals surface area contributed by atoms with Crippen molar-refractivity contribution in [3.05, 3.63) is 23.8 Å². The van der Waals surface area contributed by atoms with Crippen molar-refractivity contribution in [3.63, 3.8) is 0 Å². The smallest absolute Gasteiger partial charge is 0.340 e. The molecule has 3 N–H and O–H groups in total. The minimum Gasteiger partial charge on any atom is -0.465 e. The molecular formula is C13H21N3O2. The van der Waals surface area contributed by atoms with Crippen LogP contribution in [0.3, 0.4) is 0 Å². The van der Waals surface area contributed by atoms with Gasteiger partial charge < -0.3 is 20.7 Å².